The van der Waals surface area contributed by atoms with Crippen LogP contribution in [0.25, 0.3) is 0 Å². The van der Waals surface area contributed by atoms with Crippen LogP contribution in [0.4, 0.5) is 5.69 Å². The number of nitrogens with zero attached hydrogens (tertiary/aromatic N) is 2. The van der Waals surface area contributed by atoms with Crippen molar-refractivity contribution in [2.75, 3.05) is 31.2 Å². The molecule has 0 radical (unpaired) electrons. The zero-order valence-corrected chi connectivity index (χ0v) is 25.9. The van der Waals surface area contributed by atoms with Crippen molar-refractivity contribution in [2.45, 2.75) is 80.7 Å². The maximum Gasteiger partial charge on any atom is 0.311 e. The van der Waals surface area contributed by atoms with Crippen LogP contribution in [-0.4, -0.2) is 69.6 Å². The first-order valence-corrected chi connectivity index (χ1v) is 15.9. The molecular formula is C32H43ClN2O5S. The summed E-state index contributed by atoms with van der Waals surface area (Å²) in [6, 6.07) is 4.80. The number of hydrogen-bond donors (Lipinski definition) is 1. The third-order valence-corrected chi connectivity index (χ3v) is 11.2. The fourth-order valence-electron chi connectivity index (χ4n) is 7.07. The highest BCUT2D eigenvalue weighted by Crippen LogP contribution is 2.71. The number of esters is 1. The van der Waals surface area contributed by atoms with E-state index >= 15 is 0 Å². The Labute approximate surface area is 253 Å². The highest BCUT2D eigenvalue weighted by molar-refractivity contribution is 8.02. The Bertz CT molecular complexity index is 1160. The summed E-state index contributed by atoms with van der Waals surface area (Å²) >= 11 is 8.30. The number of likely N-dealkylation sites (tertiary alicyclic amines) is 1. The SMILES string of the molecule is C=CCCCOC(=O)[C@@H]1[C@H]2C(=O)N(CCCCCCO)C(C(=O)N(CC=C)c3c(C)cccc3Cl)C23CC[C@@]1(C)S3. The number of ether oxygens (including phenoxy) is 1. The molecule has 5 atom stereocenters. The molecule has 3 saturated heterocycles. The number of hydrogen-bond acceptors (Lipinski definition) is 6. The second kappa shape index (κ2) is 13.3. The lowest BCUT2D eigenvalue weighted by molar-refractivity contribution is -0.155. The molecule has 1 aromatic rings. The van der Waals surface area contributed by atoms with Gasteiger partial charge in [-0.2, -0.15) is 0 Å². The number of para-hydroxylation sites is 1. The van der Waals surface area contributed by atoms with E-state index in [9.17, 15) is 19.5 Å². The van der Waals surface area contributed by atoms with Crippen molar-refractivity contribution in [3.8, 4) is 0 Å². The fraction of sp³-hybridized carbons (Fsp3) is 0.594. The summed E-state index contributed by atoms with van der Waals surface area (Å²) < 4.78 is 4.51. The predicted molar refractivity (Wildman–Crippen MR) is 165 cm³/mol. The molecule has 1 N–H and O–H groups in total. The second-order valence-electron chi connectivity index (χ2n) is 11.6. The molecule has 2 amide bonds. The third-order valence-electron chi connectivity index (χ3n) is 8.90. The van der Waals surface area contributed by atoms with Gasteiger partial charge in [-0.25, -0.2) is 0 Å². The lowest BCUT2D eigenvalue weighted by Gasteiger charge is -2.37. The summed E-state index contributed by atoms with van der Waals surface area (Å²) in [5.41, 5.74) is 1.48. The Morgan fingerprint density at radius 2 is 1.95 bits per heavy atom. The molecule has 3 heterocycles. The molecule has 1 spiro atoms. The van der Waals surface area contributed by atoms with Gasteiger partial charge in [-0.3, -0.25) is 14.4 Å². The quantitative estimate of drug-likeness (QED) is 0.157. The first kappa shape index (κ1) is 31.6. The third kappa shape index (κ3) is 5.84. The van der Waals surface area contributed by atoms with Crippen LogP contribution in [0.1, 0.15) is 63.9 Å². The van der Waals surface area contributed by atoms with Crippen LogP contribution in [0.15, 0.2) is 43.5 Å². The largest absolute Gasteiger partial charge is 0.465 e. The molecule has 2 unspecified atom stereocenters. The first-order valence-electron chi connectivity index (χ1n) is 14.7. The number of thioether (sulfide) groups is 1. The minimum atomic E-state index is -0.737. The lowest BCUT2D eigenvalue weighted by atomic mass is 9.66. The minimum absolute atomic E-state index is 0.133. The van der Waals surface area contributed by atoms with Gasteiger partial charge < -0.3 is 19.6 Å². The number of allylic oxidation sites excluding steroid dienone is 1. The Morgan fingerprint density at radius 3 is 2.63 bits per heavy atom. The van der Waals surface area contributed by atoms with Gasteiger partial charge in [0, 0.05) is 24.4 Å². The van der Waals surface area contributed by atoms with Crippen LogP contribution >= 0.6 is 23.4 Å². The van der Waals surface area contributed by atoms with Crippen molar-refractivity contribution in [2.24, 2.45) is 11.8 Å². The van der Waals surface area contributed by atoms with E-state index in [-0.39, 0.29) is 37.5 Å². The van der Waals surface area contributed by atoms with E-state index in [1.54, 1.807) is 39.8 Å². The molecular weight excluding hydrogens is 560 g/mol. The number of benzene rings is 1. The van der Waals surface area contributed by atoms with Crippen molar-refractivity contribution >= 4 is 46.8 Å². The van der Waals surface area contributed by atoms with Gasteiger partial charge in [0.2, 0.25) is 5.91 Å². The summed E-state index contributed by atoms with van der Waals surface area (Å²) in [6.07, 6.45) is 9.40. The molecule has 3 aliphatic rings. The zero-order chi connectivity index (χ0) is 29.8. The number of amides is 2. The van der Waals surface area contributed by atoms with Crippen molar-refractivity contribution in [1.29, 1.82) is 0 Å². The monoisotopic (exact) mass is 602 g/mol. The Kier molecular flexibility index (Phi) is 10.3. The molecule has 3 aliphatic heterocycles. The van der Waals surface area contributed by atoms with Gasteiger partial charge in [0.25, 0.3) is 5.91 Å². The fourth-order valence-corrected chi connectivity index (χ4v) is 9.74. The number of aliphatic hydroxyl groups excluding tert-OH is 1. The maximum atomic E-state index is 14.7. The summed E-state index contributed by atoms with van der Waals surface area (Å²) in [7, 11) is 0. The van der Waals surface area contributed by atoms with Crippen LogP contribution in [0.2, 0.25) is 5.02 Å². The highest BCUT2D eigenvalue weighted by atomic mass is 35.5. The Morgan fingerprint density at radius 1 is 1.20 bits per heavy atom. The molecule has 2 bridgehead atoms. The standard InChI is InChI=1S/C32H43ClN2O5S/c1-5-7-12-21-40-30(39)25-24-28(37)35(19-10-8-9-11-20-36)27(32(24)17-16-31(25,4)41-32)29(38)34(18-6-2)26-22(3)14-13-15-23(26)33/h5-6,13-15,24-25,27,36H,1-2,7-12,16-21H2,3-4H3/t24-,25-,27?,31+,32?/m0/s1. The van der Waals surface area contributed by atoms with E-state index in [1.165, 1.54) is 0 Å². The molecule has 0 saturated carbocycles. The number of halogens is 1. The van der Waals surface area contributed by atoms with Gasteiger partial charge in [0.05, 0.1) is 33.9 Å². The van der Waals surface area contributed by atoms with Gasteiger partial charge in [0.15, 0.2) is 0 Å². The molecule has 224 valence electrons. The minimum Gasteiger partial charge on any atom is -0.465 e. The summed E-state index contributed by atoms with van der Waals surface area (Å²) in [4.78, 5) is 46.0. The average Bonchev–Trinajstić information content (AvgIpc) is 3.50. The van der Waals surface area contributed by atoms with Gasteiger partial charge in [-0.1, -0.05) is 48.7 Å². The van der Waals surface area contributed by atoms with Crippen molar-refractivity contribution in [1.82, 2.24) is 4.90 Å². The summed E-state index contributed by atoms with van der Waals surface area (Å²) in [6.45, 7) is 12.7. The number of unbranched alkanes of at least 4 members (excludes halogenated alkanes) is 4. The van der Waals surface area contributed by atoms with Gasteiger partial charge in [0.1, 0.15) is 6.04 Å². The summed E-state index contributed by atoms with van der Waals surface area (Å²) in [5.74, 6) is -1.90. The summed E-state index contributed by atoms with van der Waals surface area (Å²) in [5, 5.41) is 9.65. The number of anilines is 1. The first-order chi connectivity index (χ1) is 19.7. The van der Waals surface area contributed by atoms with E-state index in [2.05, 4.69) is 13.2 Å². The molecule has 4 rings (SSSR count). The van der Waals surface area contributed by atoms with E-state index < -0.39 is 27.4 Å². The molecule has 1 aromatic carbocycles. The molecule has 3 fully saturated rings. The lowest BCUT2D eigenvalue weighted by Crippen LogP contribution is -2.55. The predicted octanol–water partition coefficient (Wildman–Crippen LogP) is 5.71. The molecule has 7 nitrogen and oxygen atoms in total. The number of fused-ring (bicyclic) bond motifs is 1. The van der Waals surface area contributed by atoms with E-state index in [4.69, 9.17) is 16.3 Å². The van der Waals surface area contributed by atoms with E-state index in [1.807, 2.05) is 26.0 Å². The van der Waals surface area contributed by atoms with Crippen molar-refractivity contribution < 1.29 is 24.2 Å². The van der Waals surface area contributed by atoms with Gasteiger partial charge >= 0.3 is 5.97 Å². The van der Waals surface area contributed by atoms with E-state index in [0.29, 0.717) is 42.9 Å². The molecule has 0 aliphatic carbocycles. The average molecular weight is 603 g/mol. The van der Waals surface area contributed by atoms with Crippen LogP contribution < -0.4 is 4.90 Å². The maximum absolute atomic E-state index is 14.7. The zero-order valence-electron chi connectivity index (χ0n) is 24.3. The number of rotatable bonds is 15. The van der Waals surface area contributed by atoms with Gasteiger partial charge in [-0.15, -0.1) is 24.9 Å². The van der Waals surface area contributed by atoms with Crippen molar-refractivity contribution in [3.05, 3.63) is 54.1 Å². The number of aryl methyl sites for hydroxylation is 1. The van der Waals surface area contributed by atoms with Crippen molar-refractivity contribution in [3.63, 3.8) is 0 Å². The second-order valence-corrected chi connectivity index (χ2v) is 13.9. The smallest absolute Gasteiger partial charge is 0.311 e. The Hall–Kier alpha value is -2.29. The van der Waals surface area contributed by atoms with E-state index in [0.717, 1.165) is 31.2 Å². The number of carbonyl (C=O) groups is 3. The Balaban J connectivity index is 1.72. The molecule has 41 heavy (non-hydrogen) atoms. The topological polar surface area (TPSA) is 87.1 Å². The molecule has 0 aromatic heterocycles. The van der Waals surface area contributed by atoms with Crippen LogP contribution in [0.5, 0.6) is 0 Å². The number of carbonyl (C=O) groups excluding carboxylic acids is 3. The van der Waals surface area contributed by atoms with Crippen LogP contribution in [0, 0.1) is 18.8 Å². The highest BCUT2D eigenvalue weighted by Gasteiger charge is 2.77. The number of aliphatic hydroxyl groups is 1. The van der Waals surface area contributed by atoms with Gasteiger partial charge in [-0.05, 0) is 64.0 Å². The normalized spacial score (nSPS) is 28.0. The van der Waals surface area contributed by atoms with Crippen LogP contribution in [0.3, 0.4) is 0 Å². The molecule has 9 heteroatoms. The van der Waals surface area contributed by atoms with Crippen LogP contribution in [-0.2, 0) is 19.1 Å².